The average molecular weight is 341 g/mol. The molecule has 1 aromatic carbocycles. The van der Waals surface area contributed by atoms with Crippen molar-refractivity contribution in [3.63, 3.8) is 0 Å². The summed E-state index contributed by atoms with van der Waals surface area (Å²) in [4.78, 5) is 13.9. The number of nitrogens with zero attached hydrogens (tertiary/aromatic N) is 1. The predicted octanol–water partition coefficient (Wildman–Crippen LogP) is 3.17. The van der Waals surface area contributed by atoms with Gasteiger partial charge in [-0.15, -0.1) is 12.4 Å². The number of benzene rings is 1. The standard InChI is InChI=1S/C18H28N2O2.ClH/c1-14(13-19)20(2)18(21)11-10-15-6-5-9-17(12-15)22-16-7-3-4-8-16;/h5-6,9,12,14,16H,3-4,7-8,10-11,13,19H2,1-2H3;1H. The molecule has 1 aromatic rings. The van der Waals surface area contributed by atoms with Crippen molar-refractivity contribution < 1.29 is 9.53 Å². The van der Waals surface area contributed by atoms with Crippen molar-refractivity contribution in [1.29, 1.82) is 0 Å². The number of halogens is 1. The molecule has 0 spiro atoms. The summed E-state index contributed by atoms with van der Waals surface area (Å²) >= 11 is 0. The molecule has 0 radical (unpaired) electrons. The predicted molar refractivity (Wildman–Crippen MR) is 96.2 cm³/mol. The molecule has 2 N–H and O–H groups in total. The van der Waals surface area contributed by atoms with Gasteiger partial charge in [0, 0.05) is 26.1 Å². The number of likely N-dealkylation sites (N-methyl/N-ethyl adjacent to an activating group) is 1. The van der Waals surface area contributed by atoms with Gasteiger partial charge in [-0.3, -0.25) is 4.79 Å². The van der Waals surface area contributed by atoms with Crippen molar-refractivity contribution in [3.05, 3.63) is 29.8 Å². The average Bonchev–Trinajstić information content (AvgIpc) is 3.04. The highest BCUT2D eigenvalue weighted by atomic mass is 35.5. The molecule has 130 valence electrons. The molecular weight excluding hydrogens is 312 g/mol. The minimum Gasteiger partial charge on any atom is -0.490 e. The van der Waals surface area contributed by atoms with Crippen LogP contribution in [0.25, 0.3) is 0 Å². The second-order valence-corrected chi connectivity index (χ2v) is 6.26. The molecule has 23 heavy (non-hydrogen) atoms. The van der Waals surface area contributed by atoms with Crippen LogP contribution in [0.4, 0.5) is 0 Å². The lowest BCUT2D eigenvalue weighted by Gasteiger charge is -2.23. The first kappa shape index (κ1) is 19.8. The van der Waals surface area contributed by atoms with E-state index in [1.165, 1.54) is 12.8 Å². The number of nitrogens with two attached hydrogens (primary N) is 1. The van der Waals surface area contributed by atoms with Crippen LogP contribution in [0, 0.1) is 0 Å². The molecule has 0 saturated heterocycles. The van der Waals surface area contributed by atoms with Crippen molar-refractivity contribution >= 4 is 18.3 Å². The molecule has 1 fully saturated rings. The molecule has 1 saturated carbocycles. The first-order valence-electron chi connectivity index (χ1n) is 8.31. The fourth-order valence-corrected chi connectivity index (χ4v) is 2.80. The van der Waals surface area contributed by atoms with Gasteiger partial charge < -0.3 is 15.4 Å². The molecule has 5 heteroatoms. The lowest BCUT2D eigenvalue weighted by Crippen LogP contribution is -2.39. The number of carbonyl (C=O) groups is 1. The lowest BCUT2D eigenvalue weighted by molar-refractivity contribution is -0.131. The van der Waals surface area contributed by atoms with Gasteiger partial charge in [0.15, 0.2) is 0 Å². The van der Waals surface area contributed by atoms with E-state index in [0.29, 0.717) is 19.1 Å². The highest BCUT2D eigenvalue weighted by molar-refractivity contribution is 5.85. The zero-order chi connectivity index (χ0) is 15.9. The number of aryl methyl sites for hydroxylation is 1. The van der Waals surface area contributed by atoms with E-state index in [9.17, 15) is 4.79 Å². The van der Waals surface area contributed by atoms with E-state index in [4.69, 9.17) is 10.5 Å². The van der Waals surface area contributed by atoms with Gasteiger partial charge in [-0.25, -0.2) is 0 Å². The minimum absolute atomic E-state index is 0. The minimum atomic E-state index is 0. The van der Waals surface area contributed by atoms with E-state index in [1.807, 2.05) is 26.1 Å². The Hall–Kier alpha value is -1.26. The molecule has 4 nitrogen and oxygen atoms in total. The third-order valence-electron chi connectivity index (χ3n) is 4.53. The van der Waals surface area contributed by atoms with Gasteiger partial charge in [0.25, 0.3) is 0 Å². The number of ether oxygens (including phenoxy) is 1. The van der Waals surface area contributed by atoms with Gasteiger partial charge in [-0.05, 0) is 56.7 Å². The van der Waals surface area contributed by atoms with Gasteiger partial charge in [-0.1, -0.05) is 12.1 Å². The summed E-state index contributed by atoms with van der Waals surface area (Å²) in [6, 6.07) is 8.23. The van der Waals surface area contributed by atoms with Crippen LogP contribution in [0.3, 0.4) is 0 Å². The number of carbonyl (C=O) groups excluding carboxylic acids is 1. The highest BCUT2D eigenvalue weighted by Gasteiger charge is 2.17. The molecule has 0 heterocycles. The quantitative estimate of drug-likeness (QED) is 0.829. The zero-order valence-electron chi connectivity index (χ0n) is 14.2. The normalized spacial score (nSPS) is 15.8. The Morgan fingerprint density at radius 1 is 1.39 bits per heavy atom. The SMILES string of the molecule is CC(CN)N(C)C(=O)CCc1cccc(OC2CCCC2)c1.Cl. The van der Waals surface area contributed by atoms with Crippen LogP contribution in [-0.4, -0.2) is 36.5 Å². The monoisotopic (exact) mass is 340 g/mol. The molecule has 0 aliphatic heterocycles. The number of hydrogen-bond donors (Lipinski definition) is 1. The second kappa shape index (κ2) is 9.78. The number of rotatable bonds is 7. The van der Waals surface area contributed by atoms with Gasteiger partial charge in [0.1, 0.15) is 5.75 Å². The van der Waals surface area contributed by atoms with Crippen molar-refractivity contribution in [2.75, 3.05) is 13.6 Å². The maximum atomic E-state index is 12.1. The Labute approximate surface area is 145 Å². The molecule has 1 aliphatic carbocycles. The van der Waals surface area contributed by atoms with Crippen molar-refractivity contribution in [3.8, 4) is 5.75 Å². The van der Waals surface area contributed by atoms with Gasteiger partial charge >= 0.3 is 0 Å². The lowest BCUT2D eigenvalue weighted by atomic mass is 10.1. The zero-order valence-corrected chi connectivity index (χ0v) is 15.0. The summed E-state index contributed by atoms with van der Waals surface area (Å²) in [5.41, 5.74) is 6.76. The molecule has 2 rings (SSSR count). The first-order valence-corrected chi connectivity index (χ1v) is 8.31. The summed E-state index contributed by atoms with van der Waals surface area (Å²) in [5, 5.41) is 0. The van der Waals surface area contributed by atoms with E-state index in [-0.39, 0.29) is 24.4 Å². The van der Waals surface area contributed by atoms with E-state index < -0.39 is 0 Å². The molecule has 1 unspecified atom stereocenters. The van der Waals surface area contributed by atoms with Crippen LogP contribution < -0.4 is 10.5 Å². The Morgan fingerprint density at radius 3 is 2.74 bits per heavy atom. The first-order chi connectivity index (χ1) is 10.6. The van der Waals surface area contributed by atoms with Gasteiger partial charge in [0.2, 0.25) is 5.91 Å². The Morgan fingerprint density at radius 2 is 2.09 bits per heavy atom. The van der Waals surface area contributed by atoms with Crippen LogP contribution in [0.15, 0.2) is 24.3 Å². The smallest absolute Gasteiger partial charge is 0.222 e. The van der Waals surface area contributed by atoms with E-state index in [0.717, 1.165) is 30.6 Å². The summed E-state index contributed by atoms with van der Waals surface area (Å²) in [6.07, 6.45) is 6.47. The van der Waals surface area contributed by atoms with Crippen molar-refractivity contribution in [2.45, 2.75) is 57.6 Å². The largest absolute Gasteiger partial charge is 0.490 e. The molecular formula is C18H29ClN2O2. The summed E-state index contributed by atoms with van der Waals surface area (Å²) < 4.78 is 6.01. The van der Waals surface area contributed by atoms with Crippen LogP contribution in [0.2, 0.25) is 0 Å². The van der Waals surface area contributed by atoms with Crippen molar-refractivity contribution in [2.24, 2.45) is 5.73 Å². The van der Waals surface area contributed by atoms with E-state index >= 15 is 0 Å². The Balaban J connectivity index is 0.00000264. The maximum absolute atomic E-state index is 12.1. The molecule has 1 atom stereocenters. The van der Waals surface area contributed by atoms with Gasteiger partial charge in [0.05, 0.1) is 6.10 Å². The van der Waals surface area contributed by atoms with E-state index in [1.54, 1.807) is 4.90 Å². The van der Waals surface area contributed by atoms with Crippen molar-refractivity contribution in [1.82, 2.24) is 4.90 Å². The molecule has 1 amide bonds. The maximum Gasteiger partial charge on any atom is 0.222 e. The summed E-state index contributed by atoms with van der Waals surface area (Å²) in [7, 11) is 1.82. The fraction of sp³-hybridized carbons (Fsp3) is 0.611. The van der Waals surface area contributed by atoms with Crippen LogP contribution in [0.1, 0.15) is 44.6 Å². The Kier molecular flexibility index (Phi) is 8.42. The summed E-state index contributed by atoms with van der Waals surface area (Å²) in [5.74, 6) is 1.07. The fourth-order valence-electron chi connectivity index (χ4n) is 2.80. The number of amides is 1. The highest BCUT2D eigenvalue weighted by Crippen LogP contribution is 2.24. The van der Waals surface area contributed by atoms with Crippen LogP contribution in [-0.2, 0) is 11.2 Å². The second-order valence-electron chi connectivity index (χ2n) is 6.26. The Bertz CT molecular complexity index is 490. The molecule has 0 bridgehead atoms. The molecule has 0 aromatic heterocycles. The third kappa shape index (κ3) is 6.04. The van der Waals surface area contributed by atoms with Gasteiger partial charge in [-0.2, -0.15) is 0 Å². The van der Waals surface area contributed by atoms with Crippen LogP contribution in [0.5, 0.6) is 5.75 Å². The number of hydrogen-bond acceptors (Lipinski definition) is 3. The molecule has 1 aliphatic rings. The van der Waals surface area contributed by atoms with E-state index in [2.05, 4.69) is 12.1 Å². The van der Waals surface area contributed by atoms with Crippen LogP contribution >= 0.6 is 12.4 Å². The third-order valence-corrected chi connectivity index (χ3v) is 4.53. The topological polar surface area (TPSA) is 55.6 Å². The summed E-state index contributed by atoms with van der Waals surface area (Å²) in [6.45, 7) is 2.46.